The fraction of sp³-hybridized carbons (Fsp3) is 0.500. The van der Waals surface area contributed by atoms with Crippen LogP contribution in [0.1, 0.15) is 55.5 Å². The Labute approximate surface area is 152 Å². The van der Waals surface area contributed by atoms with E-state index in [1.54, 1.807) is 0 Å². The monoisotopic (exact) mass is 356 g/mol. The van der Waals surface area contributed by atoms with Gasteiger partial charge in [-0.25, -0.2) is 0 Å². The molecule has 1 N–H and O–H groups in total. The lowest BCUT2D eigenvalue weighted by Crippen LogP contribution is -2.40. The number of anilines is 1. The van der Waals surface area contributed by atoms with E-state index in [2.05, 4.69) is 10.5 Å². The molecule has 0 saturated heterocycles. The SMILES string of the molecule is Cc1noc(C)c1CCC(=O)Nc1ccc2c(c1)OC1(CCCCC1)O2. The van der Waals surface area contributed by atoms with Crippen LogP contribution in [-0.4, -0.2) is 16.9 Å². The fourth-order valence-corrected chi connectivity index (χ4v) is 3.79. The first-order valence-electron chi connectivity index (χ1n) is 9.28. The molecule has 1 amide bonds. The van der Waals surface area contributed by atoms with Crippen LogP contribution in [0, 0.1) is 13.8 Å². The van der Waals surface area contributed by atoms with E-state index in [1.165, 1.54) is 6.42 Å². The highest BCUT2D eigenvalue weighted by Gasteiger charge is 2.42. The third-order valence-corrected chi connectivity index (χ3v) is 5.22. The molecule has 1 saturated carbocycles. The summed E-state index contributed by atoms with van der Waals surface area (Å²) >= 11 is 0. The number of hydrogen-bond donors (Lipinski definition) is 1. The van der Waals surface area contributed by atoms with Crippen molar-refractivity contribution in [3.63, 3.8) is 0 Å². The molecule has 6 nitrogen and oxygen atoms in total. The molecule has 2 aliphatic rings. The summed E-state index contributed by atoms with van der Waals surface area (Å²) in [5.74, 6) is 1.72. The van der Waals surface area contributed by atoms with E-state index < -0.39 is 5.79 Å². The van der Waals surface area contributed by atoms with Crippen LogP contribution in [0.3, 0.4) is 0 Å². The van der Waals surface area contributed by atoms with Gasteiger partial charge in [-0.05, 0) is 45.2 Å². The molecule has 1 spiro atoms. The number of aromatic nitrogens is 1. The zero-order chi connectivity index (χ0) is 18.1. The van der Waals surface area contributed by atoms with Crippen molar-refractivity contribution in [3.05, 3.63) is 35.2 Å². The molecule has 0 bridgehead atoms. The normalized spacial score (nSPS) is 17.5. The second kappa shape index (κ2) is 6.67. The van der Waals surface area contributed by atoms with Crippen LogP contribution in [0.4, 0.5) is 5.69 Å². The second-order valence-corrected chi connectivity index (χ2v) is 7.19. The van der Waals surface area contributed by atoms with Gasteiger partial charge in [-0.1, -0.05) is 11.6 Å². The van der Waals surface area contributed by atoms with Crippen LogP contribution in [-0.2, 0) is 11.2 Å². The Morgan fingerprint density at radius 2 is 1.92 bits per heavy atom. The lowest BCUT2D eigenvalue weighted by atomic mass is 9.94. The molecule has 2 aromatic rings. The highest BCUT2D eigenvalue weighted by molar-refractivity contribution is 5.91. The summed E-state index contributed by atoms with van der Waals surface area (Å²) in [6, 6.07) is 5.59. The molecule has 1 aliphatic heterocycles. The van der Waals surface area contributed by atoms with Gasteiger partial charge in [-0.3, -0.25) is 4.79 Å². The Balaban J connectivity index is 1.38. The van der Waals surface area contributed by atoms with Crippen molar-refractivity contribution >= 4 is 11.6 Å². The van der Waals surface area contributed by atoms with Crippen LogP contribution in [0.15, 0.2) is 22.7 Å². The van der Waals surface area contributed by atoms with Gasteiger partial charge >= 0.3 is 0 Å². The molecule has 138 valence electrons. The van der Waals surface area contributed by atoms with Crippen LogP contribution < -0.4 is 14.8 Å². The number of fused-ring (bicyclic) bond motifs is 1. The number of rotatable bonds is 4. The van der Waals surface area contributed by atoms with Gasteiger partial charge in [0.25, 0.3) is 5.79 Å². The van der Waals surface area contributed by atoms with Gasteiger partial charge in [0.2, 0.25) is 5.91 Å². The second-order valence-electron chi connectivity index (χ2n) is 7.19. The average Bonchev–Trinajstić information content (AvgIpc) is 3.13. The number of carbonyl (C=O) groups excluding carboxylic acids is 1. The van der Waals surface area contributed by atoms with Gasteiger partial charge in [0.1, 0.15) is 5.76 Å². The van der Waals surface area contributed by atoms with Crippen LogP contribution >= 0.6 is 0 Å². The van der Waals surface area contributed by atoms with E-state index in [9.17, 15) is 4.79 Å². The number of ether oxygens (including phenoxy) is 2. The van der Waals surface area contributed by atoms with Gasteiger partial charge in [-0.2, -0.15) is 0 Å². The Bertz CT molecular complexity index is 802. The number of hydrogen-bond acceptors (Lipinski definition) is 5. The third kappa shape index (κ3) is 3.28. The molecule has 6 heteroatoms. The summed E-state index contributed by atoms with van der Waals surface area (Å²) in [5.41, 5.74) is 2.57. The summed E-state index contributed by atoms with van der Waals surface area (Å²) in [6.45, 7) is 3.76. The van der Waals surface area contributed by atoms with Crippen LogP contribution in [0.5, 0.6) is 11.5 Å². The molecule has 1 aromatic heterocycles. The van der Waals surface area contributed by atoms with E-state index in [0.29, 0.717) is 12.8 Å². The zero-order valence-electron chi connectivity index (χ0n) is 15.3. The largest absolute Gasteiger partial charge is 0.448 e. The quantitative estimate of drug-likeness (QED) is 0.884. The van der Waals surface area contributed by atoms with Gasteiger partial charge < -0.3 is 19.3 Å². The van der Waals surface area contributed by atoms with Crippen molar-refractivity contribution in [1.82, 2.24) is 5.16 Å². The number of nitrogens with zero attached hydrogens (tertiary/aromatic N) is 1. The number of aryl methyl sites for hydroxylation is 2. The molecule has 1 aromatic carbocycles. The van der Waals surface area contributed by atoms with E-state index in [1.807, 2.05) is 32.0 Å². The van der Waals surface area contributed by atoms with E-state index in [-0.39, 0.29) is 5.91 Å². The first kappa shape index (κ1) is 16.9. The molecule has 1 fully saturated rings. The summed E-state index contributed by atoms with van der Waals surface area (Å²) in [4.78, 5) is 12.3. The maximum atomic E-state index is 12.3. The number of nitrogens with one attached hydrogen (secondary N) is 1. The third-order valence-electron chi connectivity index (χ3n) is 5.22. The lowest BCUT2D eigenvalue weighted by Gasteiger charge is -2.31. The van der Waals surface area contributed by atoms with Crippen molar-refractivity contribution in [2.75, 3.05) is 5.32 Å². The Hall–Kier alpha value is -2.50. The molecule has 0 atom stereocenters. The molecule has 4 rings (SSSR count). The summed E-state index contributed by atoms with van der Waals surface area (Å²) in [7, 11) is 0. The number of benzene rings is 1. The highest BCUT2D eigenvalue weighted by atomic mass is 16.7. The van der Waals surface area contributed by atoms with Crippen molar-refractivity contribution in [1.29, 1.82) is 0 Å². The molecular weight excluding hydrogens is 332 g/mol. The standard InChI is InChI=1S/C20H24N2O4/c1-13-16(14(2)26-22-13)7-9-19(23)21-15-6-8-17-18(12-15)25-20(24-17)10-4-3-5-11-20/h6,8,12H,3-5,7,9-11H2,1-2H3,(H,21,23). The smallest absolute Gasteiger partial charge is 0.251 e. The summed E-state index contributed by atoms with van der Waals surface area (Å²) in [5, 5.41) is 6.86. The molecule has 0 radical (unpaired) electrons. The maximum absolute atomic E-state index is 12.3. The minimum Gasteiger partial charge on any atom is -0.448 e. The fourth-order valence-electron chi connectivity index (χ4n) is 3.79. The summed E-state index contributed by atoms with van der Waals surface area (Å²) in [6.07, 6.45) is 6.30. The first-order valence-corrected chi connectivity index (χ1v) is 9.28. The molecule has 26 heavy (non-hydrogen) atoms. The predicted octanol–water partition coefficient (Wildman–Crippen LogP) is 4.29. The van der Waals surface area contributed by atoms with Crippen molar-refractivity contribution < 1.29 is 18.8 Å². The Kier molecular flexibility index (Phi) is 4.34. The molecule has 1 aliphatic carbocycles. The van der Waals surface area contributed by atoms with Gasteiger partial charge in [0.05, 0.1) is 5.69 Å². The number of carbonyl (C=O) groups is 1. The van der Waals surface area contributed by atoms with Crippen molar-refractivity contribution in [2.24, 2.45) is 0 Å². The van der Waals surface area contributed by atoms with E-state index in [0.717, 1.165) is 59.9 Å². The van der Waals surface area contributed by atoms with Gasteiger partial charge in [-0.15, -0.1) is 0 Å². The first-order chi connectivity index (χ1) is 12.5. The molecule has 0 unspecified atom stereocenters. The summed E-state index contributed by atoms with van der Waals surface area (Å²) < 4.78 is 17.3. The minimum absolute atomic E-state index is 0.0451. The average molecular weight is 356 g/mol. The predicted molar refractivity (Wildman–Crippen MR) is 96.4 cm³/mol. The molecule has 2 heterocycles. The number of amides is 1. The van der Waals surface area contributed by atoms with Gasteiger partial charge in [0, 0.05) is 36.6 Å². The van der Waals surface area contributed by atoms with Crippen LogP contribution in [0.2, 0.25) is 0 Å². The van der Waals surface area contributed by atoms with E-state index >= 15 is 0 Å². The lowest BCUT2D eigenvalue weighted by molar-refractivity contribution is -0.116. The highest BCUT2D eigenvalue weighted by Crippen LogP contribution is 2.46. The van der Waals surface area contributed by atoms with Crippen molar-refractivity contribution in [3.8, 4) is 11.5 Å². The van der Waals surface area contributed by atoms with Crippen LogP contribution in [0.25, 0.3) is 0 Å². The van der Waals surface area contributed by atoms with Crippen molar-refractivity contribution in [2.45, 2.75) is 64.6 Å². The zero-order valence-corrected chi connectivity index (χ0v) is 15.3. The maximum Gasteiger partial charge on any atom is 0.251 e. The van der Waals surface area contributed by atoms with Gasteiger partial charge in [0.15, 0.2) is 11.5 Å². The topological polar surface area (TPSA) is 73.6 Å². The minimum atomic E-state index is -0.494. The van der Waals surface area contributed by atoms with E-state index in [4.69, 9.17) is 14.0 Å². The Morgan fingerprint density at radius 1 is 1.15 bits per heavy atom. The Morgan fingerprint density at radius 3 is 2.65 bits per heavy atom. The molecular formula is C20H24N2O4.